The molecule has 0 spiro atoms. The number of anilines is 1. The Kier molecular flexibility index (Phi) is 7.85. The van der Waals surface area contributed by atoms with Gasteiger partial charge in [-0.15, -0.1) is 0 Å². The van der Waals surface area contributed by atoms with E-state index in [0.29, 0.717) is 37.4 Å². The molecule has 116 valence electrons. The predicted molar refractivity (Wildman–Crippen MR) is 78.7 cm³/mol. The average Bonchev–Trinajstić information content (AvgIpc) is 2.49. The van der Waals surface area contributed by atoms with Crippen LogP contribution in [0.1, 0.15) is 16.8 Å². The molecule has 7 nitrogen and oxygen atoms in total. The molecule has 0 fully saturated rings. The summed E-state index contributed by atoms with van der Waals surface area (Å²) in [4.78, 5) is 23.2. The number of carbonyl (C=O) groups excluding carboxylic acids is 2. The number of nitrogen functional groups attached to an aromatic ring is 1. The van der Waals surface area contributed by atoms with Crippen molar-refractivity contribution in [3.8, 4) is 0 Å². The molecule has 0 bridgehead atoms. The van der Waals surface area contributed by atoms with Crippen LogP contribution in [0.3, 0.4) is 0 Å². The molecule has 0 atom stereocenters. The average molecular weight is 295 g/mol. The van der Waals surface area contributed by atoms with E-state index in [9.17, 15) is 9.59 Å². The molecule has 0 heterocycles. The number of hydrogen-bond donors (Lipinski definition) is 4. The highest BCUT2D eigenvalue weighted by molar-refractivity contribution is 5.96. The maximum Gasteiger partial charge on any atom is 0.251 e. The van der Waals surface area contributed by atoms with Gasteiger partial charge >= 0.3 is 0 Å². The molecule has 1 aromatic rings. The van der Waals surface area contributed by atoms with Crippen molar-refractivity contribution in [1.29, 1.82) is 0 Å². The second-order valence-electron chi connectivity index (χ2n) is 4.34. The van der Waals surface area contributed by atoms with Gasteiger partial charge in [0.25, 0.3) is 5.91 Å². The van der Waals surface area contributed by atoms with Gasteiger partial charge in [-0.05, 0) is 30.7 Å². The van der Waals surface area contributed by atoms with Crippen LogP contribution in [0.25, 0.3) is 0 Å². The van der Waals surface area contributed by atoms with Crippen molar-refractivity contribution in [2.45, 2.75) is 6.42 Å². The Bertz CT molecular complexity index is 448. The smallest absolute Gasteiger partial charge is 0.251 e. The van der Waals surface area contributed by atoms with Gasteiger partial charge < -0.3 is 26.2 Å². The monoisotopic (exact) mass is 295 g/mol. The first-order valence-corrected chi connectivity index (χ1v) is 6.72. The van der Waals surface area contributed by atoms with Gasteiger partial charge in [0, 0.05) is 24.4 Å². The summed E-state index contributed by atoms with van der Waals surface area (Å²) in [5.74, 6) is -0.586. The van der Waals surface area contributed by atoms with Crippen molar-refractivity contribution in [2.24, 2.45) is 0 Å². The number of carbonyl (C=O) groups is 2. The summed E-state index contributed by atoms with van der Waals surface area (Å²) in [6.07, 6.45) is 0.650. The van der Waals surface area contributed by atoms with Crippen LogP contribution in [-0.4, -0.2) is 49.8 Å². The van der Waals surface area contributed by atoms with E-state index in [0.717, 1.165) is 0 Å². The van der Waals surface area contributed by atoms with E-state index in [1.165, 1.54) is 0 Å². The van der Waals surface area contributed by atoms with Crippen LogP contribution in [0.15, 0.2) is 24.3 Å². The number of nitrogens with one attached hydrogen (secondary N) is 2. The van der Waals surface area contributed by atoms with Gasteiger partial charge in [-0.3, -0.25) is 9.59 Å². The van der Waals surface area contributed by atoms with Gasteiger partial charge in [-0.2, -0.15) is 0 Å². The Morgan fingerprint density at radius 3 is 2.52 bits per heavy atom. The number of amides is 2. The molecule has 0 radical (unpaired) electrons. The number of ether oxygens (including phenoxy) is 1. The van der Waals surface area contributed by atoms with E-state index in [1.807, 2.05) is 0 Å². The highest BCUT2D eigenvalue weighted by Crippen LogP contribution is 2.04. The molecule has 0 aliphatic rings. The Labute approximate surface area is 123 Å². The van der Waals surface area contributed by atoms with E-state index in [4.69, 9.17) is 15.6 Å². The minimum Gasteiger partial charge on any atom is -0.399 e. The Morgan fingerprint density at radius 2 is 1.86 bits per heavy atom. The minimum absolute atomic E-state index is 0.0104. The van der Waals surface area contributed by atoms with Crippen LogP contribution in [0, 0.1) is 0 Å². The van der Waals surface area contributed by atoms with Gasteiger partial charge in [0.15, 0.2) is 0 Å². The van der Waals surface area contributed by atoms with Gasteiger partial charge in [-0.25, -0.2) is 0 Å². The Balaban J connectivity index is 2.15. The number of nitrogens with two attached hydrogens (primary N) is 1. The van der Waals surface area contributed by atoms with Crippen LogP contribution < -0.4 is 16.4 Å². The van der Waals surface area contributed by atoms with Gasteiger partial charge in [0.2, 0.25) is 5.91 Å². The van der Waals surface area contributed by atoms with Crippen LogP contribution in [0.5, 0.6) is 0 Å². The lowest BCUT2D eigenvalue weighted by atomic mass is 10.2. The first kappa shape index (κ1) is 16.9. The molecule has 0 unspecified atom stereocenters. The number of aliphatic hydroxyl groups is 1. The first-order valence-electron chi connectivity index (χ1n) is 6.72. The number of hydrogen-bond acceptors (Lipinski definition) is 5. The molecule has 1 rings (SSSR count). The maximum atomic E-state index is 11.7. The van der Waals surface area contributed by atoms with Gasteiger partial charge in [0.1, 0.15) is 0 Å². The topological polar surface area (TPSA) is 114 Å². The zero-order valence-corrected chi connectivity index (χ0v) is 11.8. The molecule has 0 saturated heterocycles. The zero-order valence-electron chi connectivity index (χ0n) is 11.8. The lowest BCUT2D eigenvalue weighted by Gasteiger charge is -2.07. The molecule has 0 saturated carbocycles. The van der Waals surface area contributed by atoms with Crippen molar-refractivity contribution in [3.63, 3.8) is 0 Å². The summed E-state index contributed by atoms with van der Waals surface area (Å²) in [5.41, 5.74) is 6.56. The number of rotatable bonds is 9. The second-order valence-corrected chi connectivity index (χ2v) is 4.34. The molecule has 1 aromatic carbocycles. The molecule has 2 amide bonds. The van der Waals surface area contributed by atoms with Crippen molar-refractivity contribution >= 4 is 17.5 Å². The summed E-state index contributed by atoms with van der Waals surface area (Å²) >= 11 is 0. The molecule has 7 heteroatoms. The molecule has 0 aliphatic carbocycles. The van der Waals surface area contributed by atoms with Crippen molar-refractivity contribution in [1.82, 2.24) is 10.6 Å². The summed E-state index contributed by atoms with van der Waals surface area (Å²) < 4.78 is 5.05. The predicted octanol–water partition coefficient (Wildman–Crippen LogP) is -0.486. The van der Waals surface area contributed by atoms with Gasteiger partial charge in [0.05, 0.1) is 19.8 Å². The SMILES string of the molecule is Nc1ccc(C(=O)NCC(=O)NCCCOCCO)cc1. The van der Waals surface area contributed by atoms with Crippen molar-refractivity contribution in [3.05, 3.63) is 29.8 Å². The van der Waals surface area contributed by atoms with Gasteiger partial charge in [-0.1, -0.05) is 0 Å². The van der Waals surface area contributed by atoms with Crippen molar-refractivity contribution in [2.75, 3.05) is 38.6 Å². The van der Waals surface area contributed by atoms with Crippen LogP contribution in [0.2, 0.25) is 0 Å². The highest BCUT2D eigenvalue weighted by Gasteiger charge is 2.07. The fraction of sp³-hybridized carbons (Fsp3) is 0.429. The third-order valence-corrected chi connectivity index (χ3v) is 2.61. The normalized spacial score (nSPS) is 10.1. The summed E-state index contributed by atoms with van der Waals surface area (Å²) in [7, 11) is 0. The fourth-order valence-electron chi connectivity index (χ4n) is 1.53. The van der Waals surface area contributed by atoms with E-state index >= 15 is 0 Å². The third kappa shape index (κ3) is 7.28. The van der Waals surface area contributed by atoms with Crippen LogP contribution in [-0.2, 0) is 9.53 Å². The third-order valence-electron chi connectivity index (χ3n) is 2.61. The fourth-order valence-corrected chi connectivity index (χ4v) is 1.53. The van der Waals surface area contributed by atoms with Crippen LogP contribution >= 0.6 is 0 Å². The largest absolute Gasteiger partial charge is 0.399 e. The maximum absolute atomic E-state index is 11.7. The van der Waals surface area contributed by atoms with E-state index in [2.05, 4.69) is 10.6 Å². The first-order chi connectivity index (χ1) is 10.1. The Morgan fingerprint density at radius 1 is 1.14 bits per heavy atom. The standard InChI is InChI=1S/C14H21N3O4/c15-12-4-2-11(3-5-12)14(20)17-10-13(19)16-6-1-8-21-9-7-18/h2-5,18H,1,6-10,15H2,(H,16,19)(H,17,20). The number of aliphatic hydroxyl groups excluding tert-OH is 1. The lowest BCUT2D eigenvalue weighted by Crippen LogP contribution is -2.37. The second kappa shape index (κ2) is 9.73. The Hall–Kier alpha value is -2.12. The van der Waals surface area contributed by atoms with E-state index in [-0.39, 0.29) is 25.0 Å². The van der Waals surface area contributed by atoms with Crippen molar-refractivity contribution < 1.29 is 19.4 Å². The molecule has 0 aromatic heterocycles. The molecule has 21 heavy (non-hydrogen) atoms. The van der Waals surface area contributed by atoms with Crippen LogP contribution in [0.4, 0.5) is 5.69 Å². The lowest BCUT2D eigenvalue weighted by molar-refractivity contribution is -0.120. The number of benzene rings is 1. The molecule has 5 N–H and O–H groups in total. The summed E-state index contributed by atoms with van der Waals surface area (Å²) in [6.45, 7) is 1.14. The summed E-state index contributed by atoms with van der Waals surface area (Å²) in [5, 5.41) is 13.7. The molecular weight excluding hydrogens is 274 g/mol. The minimum atomic E-state index is -0.323. The van der Waals surface area contributed by atoms with E-state index < -0.39 is 0 Å². The molecular formula is C14H21N3O4. The quantitative estimate of drug-likeness (QED) is 0.363. The van der Waals surface area contributed by atoms with E-state index in [1.54, 1.807) is 24.3 Å². The molecule has 0 aliphatic heterocycles. The zero-order chi connectivity index (χ0) is 15.5. The highest BCUT2D eigenvalue weighted by atomic mass is 16.5. The summed E-state index contributed by atoms with van der Waals surface area (Å²) in [6, 6.07) is 6.45.